The van der Waals surface area contributed by atoms with Crippen LogP contribution in [0.5, 0.6) is 11.5 Å². The minimum absolute atomic E-state index is 0.199. The van der Waals surface area contributed by atoms with Crippen LogP contribution in [0.1, 0.15) is 25.3 Å². The zero-order valence-electron chi connectivity index (χ0n) is 11.3. The number of benzene rings is 2. The van der Waals surface area contributed by atoms with Crippen molar-refractivity contribution in [3.63, 3.8) is 0 Å². The highest BCUT2D eigenvalue weighted by atomic mass is 19.1. The van der Waals surface area contributed by atoms with Gasteiger partial charge in [0.25, 0.3) is 0 Å². The van der Waals surface area contributed by atoms with Crippen LogP contribution in [0.15, 0.2) is 36.4 Å². The fourth-order valence-corrected chi connectivity index (χ4v) is 2.05. The largest absolute Gasteiger partial charge is 0.508 e. The zero-order chi connectivity index (χ0) is 14.0. The van der Waals surface area contributed by atoms with Gasteiger partial charge in [0.1, 0.15) is 5.75 Å². The summed E-state index contributed by atoms with van der Waals surface area (Å²) in [4.78, 5) is 0. The molecule has 0 unspecified atom stereocenters. The van der Waals surface area contributed by atoms with E-state index in [-0.39, 0.29) is 17.4 Å². The Kier molecular flexibility index (Phi) is 3.74. The Hall–Kier alpha value is -2.03. The van der Waals surface area contributed by atoms with E-state index in [4.69, 9.17) is 4.74 Å². The molecule has 0 spiro atoms. The summed E-state index contributed by atoms with van der Waals surface area (Å²) < 4.78 is 18.3. The highest BCUT2D eigenvalue weighted by molar-refractivity contribution is 5.67. The molecule has 0 fully saturated rings. The van der Waals surface area contributed by atoms with Gasteiger partial charge in [0.2, 0.25) is 0 Å². The fraction of sp³-hybridized carbons (Fsp3) is 0.250. The lowest BCUT2D eigenvalue weighted by atomic mass is 9.97. The highest BCUT2D eigenvalue weighted by Crippen LogP contribution is 2.32. The molecule has 2 aromatic carbocycles. The molecule has 2 nitrogen and oxygen atoms in total. The number of methoxy groups -OCH3 is 1. The molecule has 0 heterocycles. The minimum atomic E-state index is -0.394. The predicted octanol–water partition coefficient (Wildman–Crippen LogP) is 4.33. The zero-order valence-corrected chi connectivity index (χ0v) is 11.3. The van der Waals surface area contributed by atoms with Crippen LogP contribution in [0.4, 0.5) is 4.39 Å². The number of phenolic OH excluding ortho intramolecular Hbond substituents is 1. The second kappa shape index (κ2) is 5.31. The van der Waals surface area contributed by atoms with Crippen molar-refractivity contribution in [2.45, 2.75) is 19.8 Å². The maximum atomic E-state index is 13.4. The standard InChI is InChI=1S/C16H17FO2/c1-10(2)13-6-4-11(8-15(13)18)12-5-7-14(17)16(9-12)19-3/h4-10,18H,1-3H3. The summed E-state index contributed by atoms with van der Waals surface area (Å²) in [6, 6.07) is 10.2. The van der Waals surface area contributed by atoms with E-state index in [0.717, 1.165) is 16.7 Å². The third-order valence-electron chi connectivity index (χ3n) is 3.14. The van der Waals surface area contributed by atoms with Crippen molar-refractivity contribution < 1.29 is 14.2 Å². The summed E-state index contributed by atoms with van der Waals surface area (Å²) in [6.07, 6.45) is 0. The van der Waals surface area contributed by atoms with Crippen LogP contribution >= 0.6 is 0 Å². The van der Waals surface area contributed by atoms with Crippen molar-refractivity contribution in [3.05, 3.63) is 47.8 Å². The van der Waals surface area contributed by atoms with Gasteiger partial charge < -0.3 is 9.84 Å². The van der Waals surface area contributed by atoms with Crippen molar-refractivity contribution in [1.29, 1.82) is 0 Å². The molecular formula is C16H17FO2. The van der Waals surface area contributed by atoms with Gasteiger partial charge in [-0.3, -0.25) is 0 Å². The summed E-state index contributed by atoms with van der Waals surface area (Å²) in [7, 11) is 1.43. The first kappa shape index (κ1) is 13.4. The predicted molar refractivity (Wildman–Crippen MR) is 74.1 cm³/mol. The van der Waals surface area contributed by atoms with Gasteiger partial charge >= 0.3 is 0 Å². The SMILES string of the molecule is COc1cc(-c2ccc(C(C)C)c(O)c2)ccc1F. The van der Waals surface area contributed by atoms with Gasteiger partial charge in [0, 0.05) is 0 Å². The first-order valence-electron chi connectivity index (χ1n) is 6.19. The van der Waals surface area contributed by atoms with Gasteiger partial charge in [-0.1, -0.05) is 32.0 Å². The van der Waals surface area contributed by atoms with E-state index in [2.05, 4.69) is 0 Å². The molecule has 1 N–H and O–H groups in total. The lowest BCUT2D eigenvalue weighted by molar-refractivity contribution is 0.387. The maximum absolute atomic E-state index is 13.4. The van der Waals surface area contributed by atoms with Gasteiger partial charge in [0.15, 0.2) is 11.6 Å². The van der Waals surface area contributed by atoms with Gasteiger partial charge in [-0.25, -0.2) is 4.39 Å². The lowest BCUT2D eigenvalue weighted by Crippen LogP contribution is -1.91. The molecule has 0 amide bonds. The van der Waals surface area contributed by atoms with Gasteiger partial charge in [-0.15, -0.1) is 0 Å². The molecule has 0 atom stereocenters. The monoisotopic (exact) mass is 260 g/mol. The van der Waals surface area contributed by atoms with E-state index in [1.54, 1.807) is 18.2 Å². The molecule has 0 saturated heterocycles. The molecular weight excluding hydrogens is 243 g/mol. The number of halogens is 1. The molecule has 0 aliphatic carbocycles. The molecule has 0 aliphatic heterocycles. The summed E-state index contributed by atoms with van der Waals surface area (Å²) in [5.74, 6) is 0.326. The van der Waals surface area contributed by atoms with Crippen LogP contribution in [0.3, 0.4) is 0 Å². The molecule has 100 valence electrons. The van der Waals surface area contributed by atoms with Crippen molar-refractivity contribution in [2.24, 2.45) is 0 Å². The summed E-state index contributed by atoms with van der Waals surface area (Å²) in [5, 5.41) is 10.00. The van der Waals surface area contributed by atoms with Crippen LogP contribution in [-0.2, 0) is 0 Å². The second-order valence-electron chi connectivity index (χ2n) is 4.78. The number of hydrogen-bond donors (Lipinski definition) is 1. The Balaban J connectivity index is 2.45. The molecule has 0 bridgehead atoms. The summed E-state index contributed by atoms with van der Waals surface area (Å²) in [5.41, 5.74) is 2.54. The van der Waals surface area contributed by atoms with E-state index in [1.807, 2.05) is 26.0 Å². The van der Waals surface area contributed by atoms with Gasteiger partial charge in [-0.05, 0) is 40.8 Å². The average molecular weight is 260 g/mol. The van der Waals surface area contributed by atoms with E-state index in [0.29, 0.717) is 0 Å². The fourth-order valence-electron chi connectivity index (χ4n) is 2.05. The Labute approximate surface area is 112 Å². The molecule has 19 heavy (non-hydrogen) atoms. The number of rotatable bonds is 3. The number of aromatic hydroxyl groups is 1. The molecule has 3 heteroatoms. The number of ether oxygens (including phenoxy) is 1. The van der Waals surface area contributed by atoms with Crippen molar-refractivity contribution in [3.8, 4) is 22.6 Å². The highest BCUT2D eigenvalue weighted by Gasteiger charge is 2.09. The first-order chi connectivity index (χ1) is 9.02. The van der Waals surface area contributed by atoms with Crippen LogP contribution in [0, 0.1) is 5.82 Å². The average Bonchev–Trinajstić information content (AvgIpc) is 2.38. The van der Waals surface area contributed by atoms with Crippen LogP contribution < -0.4 is 4.74 Å². The Morgan fingerprint density at radius 1 is 1.05 bits per heavy atom. The normalized spacial score (nSPS) is 10.8. The van der Waals surface area contributed by atoms with Crippen LogP contribution in [-0.4, -0.2) is 12.2 Å². The van der Waals surface area contributed by atoms with E-state index < -0.39 is 5.82 Å². The molecule has 2 rings (SSSR count). The van der Waals surface area contributed by atoms with Crippen LogP contribution in [0.25, 0.3) is 11.1 Å². The van der Waals surface area contributed by atoms with Gasteiger partial charge in [-0.2, -0.15) is 0 Å². The van der Waals surface area contributed by atoms with Crippen molar-refractivity contribution in [1.82, 2.24) is 0 Å². The Morgan fingerprint density at radius 3 is 2.26 bits per heavy atom. The number of hydrogen-bond acceptors (Lipinski definition) is 2. The quantitative estimate of drug-likeness (QED) is 0.890. The second-order valence-corrected chi connectivity index (χ2v) is 4.78. The molecule has 0 aliphatic rings. The molecule has 0 aromatic heterocycles. The molecule has 2 aromatic rings. The Bertz CT molecular complexity index is 591. The van der Waals surface area contributed by atoms with Crippen molar-refractivity contribution in [2.75, 3.05) is 7.11 Å². The summed E-state index contributed by atoms with van der Waals surface area (Å²) >= 11 is 0. The molecule has 0 radical (unpaired) electrons. The molecule has 0 saturated carbocycles. The van der Waals surface area contributed by atoms with E-state index >= 15 is 0 Å². The lowest BCUT2D eigenvalue weighted by Gasteiger charge is -2.11. The summed E-state index contributed by atoms with van der Waals surface area (Å²) in [6.45, 7) is 4.05. The van der Waals surface area contributed by atoms with Crippen molar-refractivity contribution >= 4 is 0 Å². The Morgan fingerprint density at radius 2 is 1.68 bits per heavy atom. The van der Waals surface area contributed by atoms with Crippen LogP contribution in [0.2, 0.25) is 0 Å². The third kappa shape index (κ3) is 2.70. The minimum Gasteiger partial charge on any atom is -0.508 e. The smallest absolute Gasteiger partial charge is 0.165 e. The first-order valence-corrected chi connectivity index (χ1v) is 6.19. The van der Waals surface area contributed by atoms with Gasteiger partial charge in [0.05, 0.1) is 7.11 Å². The van der Waals surface area contributed by atoms with E-state index in [9.17, 15) is 9.50 Å². The number of phenols is 1. The topological polar surface area (TPSA) is 29.5 Å². The van der Waals surface area contributed by atoms with E-state index in [1.165, 1.54) is 13.2 Å². The third-order valence-corrected chi connectivity index (χ3v) is 3.14. The maximum Gasteiger partial charge on any atom is 0.165 e.